The van der Waals surface area contributed by atoms with Crippen molar-refractivity contribution in [1.82, 2.24) is 50.4 Å². The second-order valence-electron chi connectivity index (χ2n) is 28.2. The molecule has 0 spiro atoms. The molecule has 3 aromatic heterocycles. The van der Waals surface area contributed by atoms with Gasteiger partial charge in [0.15, 0.2) is 17.1 Å². The van der Waals surface area contributed by atoms with Crippen molar-refractivity contribution in [2.45, 2.75) is 197 Å². The summed E-state index contributed by atoms with van der Waals surface area (Å²) in [5.41, 5.74) is 18.3. The molecule has 6 aromatic carbocycles. The van der Waals surface area contributed by atoms with Gasteiger partial charge in [-0.2, -0.15) is 15.3 Å². The number of aromatic nitrogens is 6. The third kappa shape index (κ3) is 18.5. The summed E-state index contributed by atoms with van der Waals surface area (Å²) in [4.78, 5) is 39.9. The van der Waals surface area contributed by atoms with E-state index in [0.717, 1.165) is 212 Å². The second kappa shape index (κ2) is 34.3. The van der Waals surface area contributed by atoms with E-state index in [0.29, 0.717) is 64.1 Å². The van der Waals surface area contributed by atoms with E-state index in [2.05, 4.69) is 55.8 Å². The minimum absolute atomic E-state index is 0.0158. The number of carbonyl (C=O) groups is 3. The number of fused-ring (bicyclic) bond motifs is 3. The van der Waals surface area contributed by atoms with Crippen LogP contribution in [0.2, 0.25) is 35.2 Å². The van der Waals surface area contributed by atoms with Crippen molar-refractivity contribution in [1.29, 1.82) is 0 Å². The van der Waals surface area contributed by atoms with Crippen LogP contribution in [-0.4, -0.2) is 77.2 Å². The topological polar surface area (TPSA) is 144 Å². The third-order valence-corrected chi connectivity index (χ3v) is 22.7. The Morgan fingerprint density at radius 1 is 0.376 bits per heavy atom. The van der Waals surface area contributed by atoms with E-state index in [-0.39, 0.29) is 23.6 Å². The van der Waals surface area contributed by atoms with Gasteiger partial charge in [-0.1, -0.05) is 168 Å². The molecular weight excluding hydrogens is 1410 g/mol. The molecule has 3 unspecified atom stereocenters. The summed E-state index contributed by atoms with van der Waals surface area (Å²) in [7, 11) is 0. The molecule has 20 heteroatoms. The van der Waals surface area contributed by atoms with Gasteiger partial charge in [0.25, 0.3) is 17.7 Å². The molecule has 0 radical (unpaired) electrons. The van der Waals surface area contributed by atoms with E-state index in [1.165, 1.54) is 47.3 Å². The Hall–Kier alpha value is -6.65. The number of halogens is 7. The summed E-state index contributed by atoms with van der Waals surface area (Å²) < 4.78 is 6.05. The normalized spacial score (nSPS) is 18.4. The molecule has 1 saturated heterocycles. The van der Waals surface area contributed by atoms with Crippen LogP contribution in [0.4, 0.5) is 0 Å². The monoisotopic (exact) mass is 1490 g/mol. The quantitative estimate of drug-likeness (QED) is 0.0770. The van der Waals surface area contributed by atoms with Gasteiger partial charge in [-0.3, -0.25) is 29.2 Å². The molecule has 0 bridgehead atoms. The summed E-state index contributed by atoms with van der Waals surface area (Å²) in [6.07, 6.45) is 25.0. The molecule has 3 N–H and O–H groups in total. The van der Waals surface area contributed by atoms with Crippen LogP contribution in [0.1, 0.15) is 226 Å². The van der Waals surface area contributed by atoms with Crippen molar-refractivity contribution in [3.8, 4) is 5.69 Å². The average Bonchev–Trinajstić information content (AvgIpc) is 1.63. The van der Waals surface area contributed by atoms with Crippen LogP contribution in [0.3, 0.4) is 0 Å². The van der Waals surface area contributed by atoms with E-state index in [1.54, 1.807) is 6.07 Å². The van der Waals surface area contributed by atoms with Crippen LogP contribution in [0, 0.1) is 0 Å². The summed E-state index contributed by atoms with van der Waals surface area (Å²) in [5.74, 6) is 0.615. The first-order valence-electron chi connectivity index (χ1n) is 36.3. The Morgan fingerprint density at radius 3 is 1.22 bits per heavy atom. The van der Waals surface area contributed by atoms with Gasteiger partial charge in [-0.05, 0) is 235 Å². The number of rotatable bonds is 17. The summed E-state index contributed by atoms with van der Waals surface area (Å²) in [6, 6.07) is 46.0. The minimum atomic E-state index is -0.143. The van der Waals surface area contributed by atoms with Gasteiger partial charge in [-0.25, -0.2) is 9.69 Å². The Kier molecular flexibility index (Phi) is 24.7. The molecule has 528 valence electrons. The van der Waals surface area contributed by atoms with Crippen LogP contribution < -0.4 is 16.1 Å². The molecule has 6 aliphatic rings. The van der Waals surface area contributed by atoms with Crippen LogP contribution in [0.25, 0.3) is 5.69 Å². The first-order valence-corrected chi connectivity index (χ1v) is 38.9. The fourth-order valence-electron chi connectivity index (χ4n) is 15.4. The highest BCUT2D eigenvalue weighted by atomic mass is 35.5. The molecule has 9 aromatic rings. The second-order valence-corrected chi connectivity index (χ2v) is 31.3. The number of amides is 3. The lowest BCUT2D eigenvalue weighted by Gasteiger charge is -2.26. The minimum Gasteiger partial charge on any atom is -0.348 e. The highest BCUT2D eigenvalue weighted by Gasteiger charge is 2.36. The van der Waals surface area contributed by atoms with Crippen molar-refractivity contribution in [3.63, 3.8) is 0 Å². The van der Waals surface area contributed by atoms with E-state index in [9.17, 15) is 14.4 Å². The number of hydrogen-bond acceptors (Lipinski definition) is 7. The molecule has 1 aliphatic heterocycles. The number of hydrogen-bond donors (Lipinski definition) is 3. The number of hydrazine groups is 1. The zero-order chi connectivity index (χ0) is 69.9. The largest absolute Gasteiger partial charge is 0.348 e. The van der Waals surface area contributed by atoms with Crippen molar-refractivity contribution >= 4 is 98.9 Å². The number of nitrogens with zero attached hydrogens (tertiary/aromatic N) is 7. The molecule has 13 nitrogen and oxygen atoms in total. The number of nitrogens with one attached hydrogen (secondary N) is 3. The lowest BCUT2D eigenvalue weighted by molar-refractivity contribution is 0.0742. The van der Waals surface area contributed by atoms with E-state index < -0.39 is 0 Å². The Morgan fingerprint density at radius 2 is 0.782 bits per heavy atom. The Bertz CT molecular complexity index is 4350. The molecule has 3 fully saturated rings. The Balaban J connectivity index is 0.000000136. The number of benzene rings is 6. The van der Waals surface area contributed by atoms with Crippen molar-refractivity contribution < 1.29 is 14.4 Å². The van der Waals surface area contributed by atoms with Crippen LogP contribution in [0.15, 0.2) is 140 Å². The summed E-state index contributed by atoms with van der Waals surface area (Å²) in [5, 5.41) is 27.9. The van der Waals surface area contributed by atoms with Gasteiger partial charge in [0.05, 0.1) is 29.5 Å². The van der Waals surface area contributed by atoms with E-state index >= 15 is 0 Å². The summed E-state index contributed by atoms with van der Waals surface area (Å²) >= 11 is 43.7. The highest BCUT2D eigenvalue weighted by molar-refractivity contribution is 6.36. The van der Waals surface area contributed by atoms with Gasteiger partial charge in [0.1, 0.15) is 0 Å². The molecule has 15 rings (SSSR count). The van der Waals surface area contributed by atoms with Gasteiger partial charge < -0.3 is 10.6 Å². The molecule has 3 amide bonds. The maximum Gasteiger partial charge on any atom is 0.286 e. The van der Waals surface area contributed by atoms with Crippen LogP contribution >= 0.6 is 81.2 Å². The number of piperidine rings is 1. The first-order chi connectivity index (χ1) is 49.1. The predicted octanol–water partition coefficient (Wildman–Crippen LogP) is 20.2. The first kappa shape index (κ1) is 72.7. The third-order valence-electron chi connectivity index (χ3n) is 21.0. The van der Waals surface area contributed by atoms with E-state index in [4.69, 9.17) is 96.5 Å². The molecule has 5 aliphatic carbocycles. The van der Waals surface area contributed by atoms with Crippen LogP contribution in [0.5, 0.6) is 0 Å². The zero-order valence-electron chi connectivity index (χ0n) is 57.0. The van der Waals surface area contributed by atoms with E-state index in [1.807, 2.05) is 113 Å². The fraction of sp³-hybridized carbons (Fsp3) is 0.407. The Labute approximate surface area is 628 Å². The van der Waals surface area contributed by atoms with Crippen molar-refractivity contribution in [3.05, 3.63) is 253 Å². The smallest absolute Gasteiger partial charge is 0.286 e. The van der Waals surface area contributed by atoms with Crippen molar-refractivity contribution in [2.24, 2.45) is 0 Å². The lowest BCUT2D eigenvalue weighted by Crippen LogP contribution is -2.45. The maximum absolute atomic E-state index is 13.5. The molecular formula is C81H87Cl7N10O3. The molecule has 2 saturated carbocycles. The summed E-state index contributed by atoms with van der Waals surface area (Å²) in [6.45, 7) is 3.00. The zero-order valence-corrected chi connectivity index (χ0v) is 62.3. The van der Waals surface area contributed by atoms with Gasteiger partial charge in [0.2, 0.25) is 0 Å². The fourth-order valence-corrected chi connectivity index (χ4v) is 16.7. The van der Waals surface area contributed by atoms with Gasteiger partial charge >= 0.3 is 0 Å². The lowest BCUT2D eigenvalue weighted by atomic mass is 9.90. The average molecular weight is 1500 g/mol. The van der Waals surface area contributed by atoms with Gasteiger partial charge in [-0.15, -0.1) is 0 Å². The van der Waals surface area contributed by atoms with Gasteiger partial charge in [0, 0.05) is 101 Å². The predicted molar refractivity (Wildman–Crippen MR) is 409 cm³/mol. The molecule has 4 heterocycles. The molecule has 3 atom stereocenters. The SMILES string of the molecule is O=C(NC1CCC1)c1nn(Cc2ccc(Cl)cc2)c2c1CCCCC2Cc1ccc(Cl)cc1.O=C(NC1CCC1)c1nn(Cc2ccc(Cl)cc2)c2c1CCCCC2Cc1cccc(Cl)c1.O=C(NN1CCCCC1)c1nn(-c2ccc(Cl)cc2Cl)c2c1CCCCC2Cc1cccc(Cl)c1. The highest BCUT2D eigenvalue weighted by Crippen LogP contribution is 2.41. The molecule has 101 heavy (non-hydrogen) atoms. The standard InChI is InChI=1S/C27H29Cl3N4O.2C27H29Cl2N3O/c28-20-9-6-7-18(16-20)15-19-8-2-3-10-22-25(27(35)32-33-13-4-1-5-14-33)31-34(26(19)22)24-12-11-21(29)17-23(24)30;28-21-13-11-18(12-14-21)17-32-26-20(15-19-5-3-7-22(29)16-19)6-1-2-10-24(26)25(31-32)27(33)30-23-8-4-9-23;28-21-12-8-18(9-13-21)16-20-4-1-2-7-24-25(27(33)30-23-5-3-6-23)31-32(26(20)24)17-19-10-14-22(29)15-11-19/h6-7,9,11-12,16-17,19H,1-5,8,10,13-15H2,(H,32,35);3,5,7,11-14,16,20,23H,1-2,4,6,8-10,15,17H2,(H,30,33);8-15,20,23H,1-7,16-17H2,(H,30,33). The number of carbonyl (C=O) groups excluding carboxylic acids is 3. The maximum atomic E-state index is 13.5. The van der Waals surface area contributed by atoms with Crippen molar-refractivity contribution in [2.75, 3.05) is 13.1 Å². The van der Waals surface area contributed by atoms with Crippen LogP contribution in [-0.2, 0) is 51.6 Å².